The molecule has 0 bridgehead atoms. The van der Waals surface area contributed by atoms with Gasteiger partial charge in [0.2, 0.25) is 11.8 Å². The van der Waals surface area contributed by atoms with Crippen molar-refractivity contribution in [2.45, 2.75) is 38.9 Å². The van der Waals surface area contributed by atoms with Crippen LogP contribution in [0.25, 0.3) is 0 Å². The van der Waals surface area contributed by atoms with Crippen molar-refractivity contribution in [3.05, 3.63) is 70.9 Å². The van der Waals surface area contributed by atoms with E-state index in [1.807, 2.05) is 66.4 Å². The van der Waals surface area contributed by atoms with Crippen LogP contribution in [0.2, 0.25) is 0 Å². The lowest BCUT2D eigenvalue weighted by Crippen LogP contribution is -2.41. The fourth-order valence-electron chi connectivity index (χ4n) is 3.87. The standard InChI is InChI=1S/C22H24N4O2S/c1-15-5-7-17(8-6-15)26-20(27)12-18(21(26)19-4-3-11-29-19)22(28)24-16(2)13-25-10-9-23-14-25/h3-11,14,16,18,21H,12-13H2,1-2H3,(H,24,28)/t16-,18+,21-/m1/s1. The number of carbonyl (C=O) groups excluding carboxylic acids is 2. The van der Waals surface area contributed by atoms with Gasteiger partial charge in [0.1, 0.15) is 0 Å². The third-order valence-electron chi connectivity index (χ3n) is 5.24. The lowest BCUT2D eigenvalue weighted by Gasteiger charge is -2.28. The van der Waals surface area contributed by atoms with E-state index >= 15 is 0 Å². The molecule has 0 unspecified atom stereocenters. The first kappa shape index (κ1) is 19.4. The quantitative estimate of drug-likeness (QED) is 0.678. The van der Waals surface area contributed by atoms with Crippen LogP contribution in [-0.4, -0.2) is 27.4 Å². The number of thiophene rings is 1. The van der Waals surface area contributed by atoms with Gasteiger partial charge in [-0.15, -0.1) is 11.3 Å². The van der Waals surface area contributed by atoms with Gasteiger partial charge in [-0.2, -0.15) is 0 Å². The number of hydrogen-bond acceptors (Lipinski definition) is 4. The summed E-state index contributed by atoms with van der Waals surface area (Å²) in [6.07, 6.45) is 5.53. The molecule has 150 valence electrons. The molecular weight excluding hydrogens is 384 g/mol. The fraction of sp³-hybridized carbons (Fsp3) is 0.318. The van der Waals surface area contributed by atoms with E-state index in [0.29, 0.717) is 6.54 Å². The maximum atomic E-state index is 13.2. The topological polar surface area (TPSA) is 67.2 Å². The highest BCUT2D eigenvalue weighted by Crippen LogP contribution is 2.43. The number of amides is 2. The van der Waals surface area contributed by atoms with Gasteiger partial charge in [-0.3, -0.25) is 9.59 Å². The summed E-state index contributed by atoms with van der Waals surface area (Å²) in [4.78, 5) is 33.0. The van der Waals surface area contributed by atoms with E-state index in [2.05, 4.69) is 10.3 Å². The number of aromatic nitrogens is 2. The minimum atomic E-state index is -0.423. The zero-order chi connectivity index (χ0) is 20.4. The second kappa shape index (κ2) is 8.21. The van der Waals surface area contributed by atoms with Crippen molar-refractivity contribution in [2.24, 2.45) is 5.92 Å². The van der Waals surface area contributed by atoms with Gasteiger partial charge in [0.25, 0.3) is 0 Å². The first-order valence-corrected chi connectivity index (χ1v) is 10.6. The number of rotatable bonds is 6. The molecule has 0 saturated carbocycles. The van der Waals surface area contributed by atoms with Crippen molar-refractivity contribution in [3.8, 4) is 0 Å². The molecule has 2 aromatic heterocycles. The predicted octanol–water partition coefficient (Wildman–Crippen LogP) is 3.55. The highest BCUT2D eigenvalue weighted by Gasteiger charge is 2.45. The lowest BCUT2D eigenvalue weighted by atomic mass is 9.97. The predicted molar refractivity (Wildman–Crippen MR) is 114 cm³/mol. The van der Waals surface area contributed by atoms with Crippen LogP contribution in [0.1, 0.15) is 29.8 Å². The van der Waals surface area contributed by atoms with Gasteiger partial charge in [0.15, 0.2) is 0 Å². The number of carbonyl (C=O) groups is 2. The van der Waals surface area contributed by atoms with Crippen molar-refractivity contribution < 1.29 is 9.59 Å². The van der Waals surface area contributed by atoms with Gasteiger partial charge < -0.3 is 14.8 Å². The molecule has 3 aromatic rings. The Labute approximate surface area is 174 Å². The van der Waals surface area contributed by atoms with Crippen LogP contribution in [0.15, 0.2) is 60.5 Å². The highest BCUT2D eigenvalue weighted by atomic mass is 32.1. The highest BCUT2D eigenvalue weighted by molar-refractivity contribution is 7.10. The molecule has 1 N–H and O–H groups in total. The van der Waals surface area contributed by atoms with Crippen LogP contribution in [0.5, 0.6) is 0 Å². The second-order valence-corrected chi connectivity index (χ2v) is 8.52. The zero-order valence-electron chi connectivity index (χ0n) is 16.5. The Hall–Kier alpha value is -2.93. The molecule has 4 rings (SSSR count). The van der Waals surface area contributed by atoms with Crippen molar-refractivity contribution in [3.63, 3.8) is 0 Å². The number of nitrogens with zero attached hydrogens (tertiary/aromatic N) is 3. The van der Waals surface area contributed by atoms with Crippen LogP contribution < -0.4 is 10.2 Å². The molecule has 3 heterocycles. The van der Waals surface area contributed by atoms with E-state index in [1.165, 1.54) is 0 Å². The van der Waals surface area contributed by atoms with E-state index in [1.54, 1.807) is 28.8 Å². The molecule has 1 aliphatic heterocycles. The number of benzene rings is 1. The lowest BCUT2D eigenvalue weighted by molar-refractivity contribution is -0.127. The van der Waals surface area contributed by atoms with Gasteiger partial charge in [0, 0.05) is 42.0 Å². The minimum absolute atomic E-state index is 0.0188. The van der Waals surface area contributed by atoms with Crippen molar-refractivity contribution in [1.82, 2.24) is 14.9 Å². The summed E-state index contributed by atoms with van der Waals surface area (Å²) < 4.78 is 1.93. The number of aryl methyl sites for hydroxylation is 1. The van der Waals surface area contributed by atoms with Gasteiger partial charge in [-0.05, 0) is 37.4 Å². The Bertz CT molecular complexity index is 967. The van der Waals surface area contributed by atoms with Crippen LogP contribution in [-0.2, 0) is 16.1 Å². The summed E-state index contributed by atoms with van der Waals surface area (Å²) in [5.41, 5.74) is 1.97. The number of anilines is 1. The van der Waals surface area contributed by atoms with E-state index in [-0.39, 0.29) is 30.3 Å². The summed E-state index contributed by atoms with van der Waals surface area (Å²) in [6.45, 7) is 4.62. The molecule has 1 fully saturated rings. The first-order chi connectivity index (χ1) is 14.0. The minimum Gasteiger partial charge on any atom is -0.352 e. The molecule has 6 nitrogen and oxygen atoms in total. The fourth-order valence-corrected chi connectivity index (χ4v) is 4.75. The Morgan fingerprint density at radius 1 is 1.31 bits per heavy atom. The first-order valence-electron chi connectivity index (χ1n) is 9.71. The Morgan fingerprint density at radius 2 is 2.10 bits per heavy atom. The molecule has 0 spiro atoms. The third kappa shape index (κ3) is 4.10. The van der Waals surface area contributed by atoms with E-state index < -0.39 is 5.92 Å². The zero-order valence-corrected chi connectivity index (χ0v) is 17.3. The number of imidazole rings is 1. The molecule has 29 heavy (non-hydrogen) atoms. The Balaban J connectivity index is 1.57. The van der Waals surface area contributed by atoms with Crippen molar-refractivity contribution in [2.75, 3.05) is 4.90 Å². The largest absolute Gasteiger partial charge is 0.352 e. The van der Waals surface area contributed by atoms with Gasteiger partial charge in [-0.25, -0.2) is 4.98 Å². The average molecular weight is 409 g/mol. The molecule has 0 aliphatic carbocycles. The molecule has 1 aromatic carbocycles. The maximum Gasteiger partial charge on any atom is 0.228 e. The molecule has 1 saturated heterocycles. The SMILES string of the molecule is Cc1ccc(N2C(=O)C[C@H](C(=O)N[C@H](C)Cn3ccnc3)[C@@H]2c2cccs2)cc1. The summed E-state index contributed by atoms with van der Waals surface area (Å²) >= 11 is 1.58. The van der Waals surface area contributed by atoms with Gasteiger partial charge in [0.05, 0.1) is 18.3 Å². The summed E-state index contributed by atoms with van der Waals surface area (Å²) in [5, 5.41) is 5.08. The van der Waals surface area contributed by atoms with E-state index in [0.717, 1.165) is 16.1 Å². The maximum absolute atomic E-state index is 13.2. The smallest absolute Gasteiger partial charge is 0.228 e. The van der Waals surface area contributed by atoms with Crippen molar-refractivity contribution in [1.29, 1.82) is 0 Å². The van der Waals surface area contributed by atoms with Crippen LogP contribution in [0.4, 0.5) is 5.69 Å². The molecule has 0 radical (unpaired) electrons. The number of hydrogen-bond donors (Lipinski definition) is 1. The van der Waals surface area contributed by atoms with Gasteiger partial charge >= 0.3 is 0 Å². The Kier molecular flexibility index (Phi) is 5.49. The third-order valence-corrected chi connectivity index (χ3v) is 6.18. The molecular formula is C22H24N4O2S. The monoisotopic (exact) mass is 408 g/mol. The normalized spacial score (nSPS) is 20.1. The van der Waals surface area contributed by atoms with E-state index in [4.69, 9.17) is 0 Å². The van der Waals surface area contributed by atoms with Crippen LogP contribution >= 0.6 is 11.3 Å². The van der Waals surface area contributed by atoms with Crippen LogP contribution in [0, 0.1) is 12.8 Å². The molecule has 7 heteroatoms. The number of nitrogens with one attached hydrogen (secondary N) is 1. The average Bonchev–Trinajstić information content (AvgIpc) is 3.43. The Morgan fingerprint density at radius 3 is 2.76 bits per heavy atom. The molecule has 3 atom stereocenters. The summed E-state index contributed by atoms with van der Waals surface area (Å²) in [7, 11) is 0. The van der Waals surface area contributed by atoms with Crippen LogP contribution in [0.3, 0.4) is 0 Å². The molecule has 2 amide bonds. The summed E-state index contributed by atoms with van der Waals surface area (Å²) in [5.74, 6) is -0.527. The summed E-state index contributed by atoms with van der Waals surface area (Å²) in [6, 6.07) is 11.5. The van der Waals surface area contributed by atoms with E-state index in [9.17, 15) is 9.59 Å². The van der Waals surface area contributed by atoms with Gasteiger partial charge in [-0.1, -0.05) is 23.8 Å². The second-order valence-electron chi connectivity index (χ2n) is 7.54. The molecule has 1 aliphatic rings. The van der Waals surface area contributed by atoms with Crippen molar-refractivity contribution >= 4 is 28.8 Å².